The van der Waals surface area contributed by atoms with E-state index in [1.165, 1.54) is 134 Å². The van der Waals surface area contributed by atoms with Crippen molar-refractivity contribution in [3.05, 3.63) is 125 Å². The minimum atomic E-state index is 0.196. The Morgan fingerprint density at radius 3 is 1.21 bits per heavy atom. The molecule has 0 saturated carbocycles. The molecule has 0 saturated heterocycles. The highest BCUT2D eigenvalue weighted by atomic mass is 15.2. The standard InChI is InChI=1S/C45H47BN2/c1-2-6-10-23-35-33(19-8-4-1)21-16-29-39(35)47-41-27-14-12-25-37(41)46-38-26-13-15-28-42(38)48(44-32-18-31-43(47)45(44)46)40-30-17-22-34-20-9-5-3-7-11-24-36(34)40/h12-18,21-22,25-32H,1-11,19-20,23-24H2. The van der Waals surface area contributed by atoms with E-state index in [9.17, 15) is 0 Å². The van der Waals surface area contributed by atoms with E-state index in [2.05, 4.69) is 113 Å². The molecule has 2 aliphatic heterocycles. The molecule has 0 aromatic heterocycles. The van der Waals surface area contributed by atoms with Crippen LogP contribution in [-0.4, -0.2) is 6.71 Å². The number of aryl methyl sites for hydroxylation is 2. The van der Waals surface area contributed by atoms with Gasteiger partial charge in [0, 0.05) is 34.1 Å². The molecule has 2 heterocycles. The Morgan fingerprint density at radius 1 is 0.333 bits per heavy atom. The highest BCUT2D eigenvalue weighted by Gasteiger charge is 2.43. The summed E-state index contributed by atoms with van der Waals surface area (Å²) < 4.78 is 0. The van der Waals surface area contributed by atoms with Crippen LogP contribution >= 0.6 is 0 Å². The summed E-state index contributed by atoms with van der Waals surface area (Å²) in [5, 5.41) is 0. The van der Waals surface area contributed by atoms with Crippen LogP contribution in [0.15, 0.2) is 103 Å². The second kappa shape index (κ2) is 13.0. The lowest BCUT2D eigenvalue weighted by molar-refractivity contribution is 0.581. The molecule has 0 atom stereocenters. The van der Waals surface area contributed by atoms with E-state index in [-0.39, 0.29) is 6.71 Å². The van der Waals surface area contributed by atoms with Gasteiger partial charge in [-0.2, -0.15) is 0 Å². The molecule has 5 aromatic carbocycles. The fraction of sp³-hybridized carbons (Fsp3) is 0.333. The minimum absolute atomic E-state index is 0.196. The maximum atomic E-state index is 2.65. The molecule has 0 N–H and O–H groups in total. The summed E-state index contributed by atoms with van der Waals surface area (Å²) in [4.78, 5) is 5.30. The Morgan fingerprint density at radius 2 is 0.708 bits per heavy atom. The van der Waals surface area contributed by atoms with Gasteiger partial charge in [-0.15, -0.1) is 0 Å². The predicted octanol–water partition coefficient (Wildman–Crippen LogP) is 10.3. The first-order valence-corrected chi connectivity index (χ1v) is 19.0. The van der Waals surface area contributed by atoms with Crippen molar-refractivity contribution in [3.63, 3.8) is 0 Å². The molecular weight excluding hydrogens is 579 g/mol. The third kappa shape index (κ3) is 5.09. The fourth-order valence-corrected chi connectivity index (χ4v) is 9.53. The van der Waals surface area contributed by atoms with Gasteiger partial charge in [-0.05, 0) is 126 Å². The van der Waals surface area contributed by atoms with Crippen molar-refractivity contribution in [2.45, 2.75) is 96.3 Å². The normalized spacial score (nSPS) is 17.5. The number of para-hydroxylation sites is 2. The molecular formula is C45H47BN2. The van der Waals surface area contributed by atoms with E-state index < -0.39 is 0 Å². The number of nitrogens with zero attached hydrogens (tertiary/aromatic N) is 2. The van der Waals surface area contributed by atoms with Crippen LogP contribution < -0.4 is 26.2 Å². The van der Waals surface area contributed by atoms with E-state index in [4.69, 9.17) is 0 Å². The number of fused-ring (bicyclic) bond motifs is 6. The zero-order valence-electron chi connectivity index (χ0n) is 28.4. The lowest BCUT2D eigenvalue weighted by atomic mass is 9.33. The summed E-state index contributed by atoms with van der Waals surface area (Å²) in [5.41, 5.74) is 18.7. The van der Waals surface area contributed by atoms with Gasteiger partial charge in [0.2, 0.25) is 0 Å². The van der Waals surface area contributed by atoms with Crippen LogP contribution in [0.4, 0.5) is 34.1 Å². The maximum absolute atomic E-state index is 2.65. The van der Waals surface area contributed by atoms with E-state index in [0.29, 0.717) is 0 Å². The van der Waals surface area contributed by atoms with Crippen LogP contribution in [0.3, 0.4) is 0 Å². The number of hydrogen-bond acceptors (Lipinski definition) is 2. The van der Waals surface area contributed by atoms with Gasteiger partial charge in [-0.3, -0.25) is 0 Å². The SMILES string of the molecule is c1ccc2c(c1)B1c3ccccc3N(c3cccc4c3CCCCCCC4)c3cccc(c31)N2c1cccc2c1CCCCCCCC2. The quantitative estimate of drug-likeness (QED) is 0.176. The first-order chi connectivity index (χ1) is 23.9. The molecule has 3 heteroatoms. The van der Waals surface area contributed by atoms with Crippen LogP contribution in [0, 0.1) is 0 Å². The van der Waals surface area contributed by atoms with Gasteiger partial charge >= 0.3 is 0 Å². The van der Waals surface area contributed by atoms with Crippen LogP contribution in [0.2, 0.25) is 0 Å². The number of rotatable bonds is 2. The van der Waals surface area contributed by atoms with Crippen molar-refractivity contribution in [1.82, 2.24) is 0 Å². The molecule has 0 spiro atoms. The molecule has 4 aliphatic rings. The number of benzene rings is 5. The van der Waals surface area contributed by atoms with Gasteiger partial charge in [0.05, 0.1) is 0 Å². The summed E-state index contributed by atoms with van der Waals surface area (Å²) in [7, 11) is 0. The largest absolute Gasteiger partial charge is 0.311 e. The monoisotopic (exact) mass is 626 g/mol. The highest BCUT2D eigenvalue weighted by Crippen LogP contribution is 2.46. The van der Waals surface area contributed by atoms with Crippen LogP contribution in [0.25, 0.3) is 0 Å². The zero-order valence-corrected chi connectivity index (χ0v) is 28.4. The third-order valence-electron chi connectivity index (χ3n) is 11.8. The van der Waals surface area contributed by atoms with E-state index in [0.717, 1.165) is 12.8 Å². The second-order valence-corrected chi connectivity index (χ2v) is 14.7. The van der Waals surface area contributed by atoms with E-state index in [1.807, 2.05) is 0 Å². The van der Waals surface area contributed by atoms with E-state index >= 15 is 0 Å². The molecule has 0 bridgehead atoms. The van der Waals surface area contributed by atoms with Crippen LogP contribution in [0.1, 0.15) is 92.9 Å². The fourth-order valence-electron chi connectivity index (χ4n) is 9.53. The number of anilines is 6. The Hall–Kier alpha value is -4.24. The van der Waals surface area contributed by atoms with Crippen molar-refractivity contribution in [1.29, 1.82) is 0 Å². The van der Waals surface area contributed by atoms with Crippen molar-refractivity contribution >= 4 is 57.2 Å². The summed E-state index contributed by atoms with van der Waals surface area (Å²) >= 11 is 0. The average Bonchev–Trinajstić information content (AvgIpc) is 3.26. The lowest BCUT2D eigenvalue weighted by Crippen LogP contribution is -2.61. The molecule has 5 aromatic rings. The van der Waals surface area contributed by atoms with Gasteiger partial charge in [0.1, 0.15) is 0 Å². The first kappa shape index (κ1) is 29.9. The maximum Gasteiger partial charge on any atom is 0.252 e. The van der Waals surface area contributed by atoms with Gasteiger partial charge in [0.15, 0.2) is 0 Å². The topological polar surface area (TPSA) is 6.48 Å². The molecule has 9 rings (SSSR count). The minimum Gasteiger partial charge on any atom is -0.311 e. The Kier molecular flexibility index (Phi) is 8.09. The van der Waals surface area contributed by atoms with Crippen molar-refractivity contribution in [2.75, 3.05) is 9.80 Å². The van der Waals surface area contributed by atoms with Gasteiger partial charge in [-0.25, -0.2) is 0 Å². The molecule has 48 heavy (non-hydrogen) atoms. The van der Waals surface area contributed by atoms with Gasteiger partial charge < -0.3 is 9.80 Å². The smallest absolute Gasteiger partial charge is 0.252 e. The molecule has 0 unspecified atom stereocenters. The van der Waals surface area contributed by atoms with Crippen molar-refractivity contribution in [3.8, 4) is 0 Å². The molecule has 2 aliphatic carbocycles. The van der Waals surface area contributed by atoms with Gasteiger partial charge in [-0.1, -0.05) is 112 Å². The average molecular weight is 627 g/mol. The second-order valence-electron chi connectivity index (χ2n) is 14.7. The first-order valence-electron chi connectivity index (χ1n) is 19.0. The molecule has 0 amide bonds. The molecule has 0 radical (unpaired) electrons. The van der Waals surface area contributed by atoms with Crippen LogP contribution in [-0.2, 0) is 25.7 Å². The summed E-state index contributed by atoms with van der Waals surface area (Å²) in [6.45, 7) is 0.196. The Labute approximate surface area is 287 Å². The molecule has 2 nitrogen and oxygen atoms in total. The van der Waals surface area contributed by atoms with E-state index in [1.54, 1.807) is 22.3 Å². The zero-order chi connectivity index (χ0) is 31.9. The van der Waals surface area contributed by atoms with Crippen LogP contribution in [0.5, 0.6) is 0 Å². The summed E-state index contributed by atoms with van der Waals surface area (Å²) in [6.07, 6.45) is 19.3. The highest BCUT2D eigenvalue weighted by molar-refractivity contribution is 7.00. The predicted molar refractivity (Wildman–Crippen MR) is 206 cm³/mol. The Bertz CT molecular complexity index is 1960. The summed E-state index contributed by atoms with van der Waals surface area (Å²) in [5.74, 6) is 0. The molecule has 240 valence electrons. The summed E-state index contributed by atoms with van der Waals surface area (Å²) in [6, 6.07) is 40.0. The lowest BCUT2D eigenvalue weighted by Gasteiger charge is -2.45. The van der Waals surface area contributed by atoms with Crippen molar-refractivity contribution < 1.29 is 0 Å². The number of hydrogen-bond donors (Lipinski definition) is 0. The van der Waals surface area contributed by atoms with Crippen molar-refractivity contribution in [2.24, 2.45) is 0 Å². The molecule has 0 fully saturated rings. The third-order valence-corrected chi connectivity index (χ3v) is 11.8. The Balaban J connectivity index is 1.28. The van der Waals surface area contributed by atoms with Gasteiger partial charge in [0.25, 0.3) is 6.71 Å².